The van der Waals surface area contributed by atoms with Crippen LogP contribution in [0.4, 0.5) is 0 Å². The molecule has 0 aliphatic carbocycles. The van der Waals surface area contributed by atoms with Crippen LogP contribution in [0.25, 0.3) is 10.9 Å². The molecule has 1 aromatic carbocycles. The monoisotopic (exact) mass is 292 g/mol. The molecule has 0 amide bonds. The highest BCUT2D eigenvalue weighted by molar-refractivity contribution is 7.89. The van der Waals surface area contributed by atoms with Gasteiger partial charge < -0.3 is 0 Å². The maximum Gasteiger partial charge on any atom is 0.241 e. The molecule has 4 nitrogen and oxygen atoms in total. The fourth-order valence-corrected chi connectivity index (χ4v) is 3.82. The van der Waals surface area contributed by atoms with Crippen LogP contribution in [-0.4, -0.2) is 19.4 Å². The number of hydrogen-bond acceptors (Lipinski definition) is 3. The lowest BCUT2D eigenvalue weighted by molar-refractivity contribution is 0.544. The molecule has 1 N–H and O–H groups in total. The molecule has 0 aliphatic heterocycles. The zero-order chi connectivity index (χ0) is 14.8. The predicted molar refractivity (Wildman–Crippen MR) is 81.2 cm³/mol. The summed E-state index contributed by atoms with van der Waals surface area (Å²) in [6.07, 6.45) is 3.44. The van der Waals surface area contributed by atoms with Crippen molar-refractivity contribution in [1.82, 2.24) is 9.71 Å². The maximum absolute atomic E-state index is 12.5. The van der Waals surface area contributed by atoms with Crippen LogP contribution in [0.1, 0.15) is 32.3 Å². The van der Waals surface area contributed by atoms with E-state index in [0.717, 1.165) is 23.9 Å². The lowest BCUT2D eigenvalue weighted by Crippen LogP contribution is -2.32. The number of aromatic nitrogens is 1. The molecule has 1 atom stereocenters. The minimum atomic E-state index is -3.52. The first-order valence-corrected chi connectivity index (χ1v) is 8.30. The molecule has 0 unspecified atom stereocenters. The molecule has 2 aromatic rings. The van der Waals surface area contributed by atoms with Gasteiger partial charge >= 0.3 is 0 Å². The molecule has 2 rings (SSSR count). The number of nitrogens with one attached hydrogen (secondary N) is 1. The standard InChI is InChI=1S/C15H20N2O2S/c1-4-6-12(3)17-20(18,19)14-9-8-11(2)15-13(14)7-5-10-16-15/h5,7-10,12,17H,4,6H2,1-3H3/t12-/m1/s1. The quantitative estimate of drug-likeness (QED) is 0.921. The molecule has 0 fully saturated rings. The van der Waals surface area contributed by atoms with Crippen molar-refractivity contribution < 1.29 is 8.42 Å². The van der Waals surface area contributed by atoms with E-state index < -0.39 is 10.0 Å². The summed E-state index contributed by atoms with van der Waals surface area (Å²) in [5, 5.41) is 0.670. The van der Waals surface area contributed by atoms with Gasteiger partial charge in [0.2, 0.25) is 10.0 Å². The number of pyridine rings is 1. The van der Waals surface area contributed by atoms with Crippen molar-refractivity contribution in [2.45, 2.75) is 44.6 Å². The van der Waals surface area contributed by atoms with Gasteiger partial charge in [0.15, 0.2) is 0 Å². The lowest BCUT2D eigenvalue weighted by Gasteiger charge is -2.15. The molecule has 5 heteroatoms. The SMILES string of the molecule is CCC[C@@H](C)NS(=O)(=O)c1ccc(C)c2ncccc12. The number of aryl methyl sites for hydroxylation is 1. The molecule has 0 saturated carbocycles. The average molecular weight is 292 g/mol. The highest BCUT2D eigenvalue weighted by Gasteiger charge is 2.20. The Bertz CT molecular complexity index is 711. The van der Waals surface area contributed by atoms with Gasteiger partial charge in [-0.15, -0.1) is 0 Å². The van der Waals surface area contributed by atoms with Gasteiger partial charge in [0.25, 0.3) is 0 Å². The van der Waals surface area contributed by atoms with Crippen LogP contribution in [0.5, 0.6) is 0 Å². The van der Waals surface area contributed by atoms with Gasteiger partial charge in [0.1, 0.15) is 0 Å². The van der Waals surface area contributed by atoms with E-state index in [4.69, 9.17) is 0 Å². The predicted octanol–water partition coefficient (Wildman–Crippen LogP) is 3.01. The number of fused-ring (bicyclic) bond motifs is 1. The highest BCUT2D eigenvalue weighted by Crippen LogP contribution is 2.24. The second kappa shape index (κ2) is 5.89. The first-order valence-electron chi connectivity index (χ1n) is 6.82. The second-order valence-corrected chi connectivity index (χ2v) is 6.77. The Kier molecular flexibility index (Phi) is 4.40. The van der Waals surface area contributed by atoms with E-state index in [2.05, 4.69) is 9.71 Å². The fourth-order valence-electron chi connectivity index (χ4n) is 2.34. The lowest BCUT2D eigenvalue weighted by atomic mass is 10.1. The third kappa shape index (κ3) is 2.99. The molecule has 0 bridgehead atoms. The van der Waals surface area contributed by atoms with Crippen molar-refractivity contribution in [1.29, 1.82) is 0 Å². The van der Waals surface area contributed by atoms with Crippen molar-refractivity contribution in [2.24, 2.45) is 0 Å². The highest BCUT2D eigenvalue weighted by atomic mass is 32.2. The Balaban J connectivity index is 2.50. The van der Waals surface area contributed by atoms with Crippen molar-refractivity contribution in [3.8, 4) is 0 Å². The molecular formula is C15H20N2O2S. The van der Waals surface area contributed by atoms with Crippen molar-refractivity contribution in [3.05, 3.63) is 36.0 Å². The Labute approximate surface area is 120 Å². The molecule has 1 heterocycles. The summed E-state index contributed by atoms with van der Waals surface area (Å²) in [5.74, 6) is 0. The summed E-state index contributed by atoms with van der Waals surface area (Å²) in [4.78, 5) is 4.58. The minimum absolute atomic E-state index is 0.0713. The van der Waals surface area contributed by atoms with Gasteiger partial charge in [-0.3, -0.25) is 4.98 Å². The van der Waals surface area contributed by atoms with Gasteiger partial charge in [-0.25, -0.2) is 13.1 Å². The summed E-state index contributed by atoms with van der Waals surface area (Å²) >= 11 is 0. The van der Waals surface area contributed by atoms with E-state index in [0.29, 0.717) is 10.3 Å². The molecule has 0 aliphatic rings. The van der Waals surface area contributed by atoms with E-state index in [-0.39, 0.29) is 6.04 Å². The molecule has 20 heavy (non-hydrogen) atoms. The van der Waals surface area contributed by atoms with Crippen LogP contribution in [0.2, 0.25) is 0 Å². The van der Waals surface area contributed by atoms with Crippen molar-refractivity contribution >= 4 is 20.9 Å². The molecule has 1 aromatic heterocycles. The molecule has 0 spiro atoms. The van der Waals surface area contributed by atoms with Gasteiger partial charge in [-0.05, 0) is 44.0 Å². The second-order valence-electron chi connectivity index (χ2n) is 5.09. The number of hydrogen-bond donors (Lipinski definition) is 1. The zero-order valence-electron chi connectivity index (χ0n) is 12.1. The van der Waals surface area contributed by atoms with E-state index in [1.807, 2.05) is 20.8 Å². The Hall–Kier alpha value is -1.46. The summed E-state index contributed by atoms with van der Waals surface area (Å²) in [6.45, 7) is 5.85. The summed E-state index contributed by atoms with van der Waals surface area (Å²) in [5.41, 5.74) is 1.71. The van der Waals surface area contributed by atoms with Gasteiger partial charge in [-0.1, -0.05) is 19.4 Å². The molecule has 0 radical (unpaired) electrons. The fraction of sp³-hybridized carbons (Fsp3) is 0.400. The van der Waals surface area contributed by atoms with Crippen LogP contribution in [-0.2, 0) is 10.0 Å². The largest absolute Gasteiger partial charge is 0.256 e. The third-order valence-electron chi connectivity index (χ3n) is 3.30. The normalized spacial score (nSPS) is 13.6. The molecular weight excluding hydrogens is 272 g/mol. The third-order valence-corrected chi connectivity index (χ3v) is 4.95. The number of rotatable bonds is 5. The number of sulfonamides is 1. The van der Waals surface area contributed by atoms with E-state index in [1.54, 1.807) is 30.5 Å². The van der Waals surface area contributed by atoms with Crippen LogP contribution >= 0.6 is 0 Å². The zero-order valence-corrected chi connectivity index (χ0v) is 12.9. The van der Waals surface area contributed by atoms with E-state index in [1.165, 1.54) is 0 Å². The Morgan fingerprint density at radius 3 is 2.75 bits per heavy atom. The molecule has 0 saturated heterocycles. The van der Waals surface area contributed by atoms with Crippen LogP contribution in [0.3, 0.4) is 0 Å². The van der Waals surface area contributed by atoms with E-state index >= 15 is 0 Å². The summed E-state index contributed by atoms with van der Waals surface area (Å²) in [7, 11) is -3.52. The van der Waals surface area contributed by atoms with Crippen LogP contribution in [0, 0.1) is 6.92 Å². The van der Waals surface area contributed by atoms with Crippen LogP contribution in [0.15, 0.2) is 35.4 Å². The van der Waals surface area contributed by atoms with E-state index in [9.17, 15) is 8.42 Å². The smallest absolute Gasteiger partial charge is 0.241 e. The minimum Gasteiger partial charge on any atom is -0.256 e. The Morgan fingerprint density at radius 2 is 2.05 bits per heavy atom. The van der Waals surface area contributed by atoms with Crippen molar-refractivity contribution in [2.75, 3.05) is 0 Å². The van der Waals surface area contributed by atoms with Gasteiger partial charge in [0.05, 0.1) is 10.4 Å². The summed E-state index contributed by atoms with van der Waals surface area (Å²) in [6, 6.07) is 6.94. The van der Waals surface area contributed by atoms with Gasteiger partial charge in [0, 0.05) is 17.6 Å². The first-order chi connectivity index (χ1) is 9.45. The molecule has 108 valence electrons. The number of nitrogens with zero attached hydrogens (tertiary/aromatic N) is 1. The van der Waals surface area contributed by atoms with Crippen molar-refractivity contribution in [3.63, 3.8) is 0 Å². The average Bonchev–Trinajstić information content (AvgIpc) is 2.38. The number of benzene rings is 1. The van der Waals surface area contributed by atoms with Gasteiger partial charge in [-0.2, -0.15) is 0 Å². The van der Waals surface area contributed by atoms with Crippen LogP contribution < -0.4 is 4.72 Å². The Morgan fingerprint density at radius 1 is 1.30 bits per heavy atom. The summed E-state index contributed by atoms with van der Waals surface area (Å²) < 4.78 is 27.7. The maximum atomic E-state index is 12.5. The first kappa shape index (κ1) is 14.9. The topological polar surface area (TPSA) is 59.1 Å².